The Morgan fingerprint density at radius 1 is 0.840 bits per heavy atom. The average molecular weight is 360 g/mol. The molecular formula is C19H20O5S. The first-order valence-corrected chi connectivity index (χ1v) is 9.15. The minimum Gasteiger partial charge on any atom is -0.387 e. The normalized spacial score (nSPS) is 35.1. The molecule has 2 aliphatic rings. The molecule has 2 fully saturated rings. The maximum Gasteiger partial charge on any atom is 0.184 e. The summed E-state index contributed by atoms with van der Waals surface area (Å²) in [5.74, 6) is 0. The molecule has 0 aromatic heterocycles. The van der Waals surface area contributed by atoms with Gasteiger partial charge in [0.15, 0.2) is 6.29 Å². The standard InChI is InChI=1S/C19H20O5S/c20-15-16(21)19(25-13-9-5-2-6-10-13)23-14-11-22-18(24-17(14)15)12-7-3-1-4-8-12/h1-10,14-21H,11H2/t14?,15-,16?,17?,18?,19+/m1/s1. The molecule has 2 heterocycles. The van der Waals surface area contributed by atoms with Crippen molar-refractivity contribution >= 4 is 11.8 Å². The molecule has 0 radical (unpaired) electrons. The van der Waals surface area contributed by atoms with Gasteiger partial charge in [-0.2, -0.15) is 0 Å². The SMILES string of the molecule is OC1[C@@H](O)C2OC(c3ccccc3)OCC2O[C@H]1Sc1ccccc1. The Kier molecular flexibility index (Phi) is 5.08. The van der Waals surface area contributed by atoms with Crippen molar-refractivity contribution in [3.63, 3.8) is 0 Å². The second kappa shape index (κ2) is 7.45. The monoisotopic (exact) mass is 360 g/mol. The van der Waals surface area contributed by atoms with Crippen molar-refractivity contribution in [2.24, 2.45) is 0 Å². The van der Waals surface area contributed by atoms with Gasteiger partial charge in [0.05, 0.1) is 6.61 Å². The summed E-state index contributed by atoms with van der Waals surface area (Å²) in [5, 5.41) is 21.0. The molecule has 2 N–H and O–H groups in total. The van der Waals surface area contributed by atoms with Crippen LogP contribution in [0, 0.1) is 0 Å². The largest absolute Gasteiger partial charge is 0.387 e. The van der Waals surface area contributed by atoms with Crippen molar-refractivity contribution in [2.75, 3.05) is 6.61 Å². The molecule has 25 heavy (non-hydrogen) atoms. The zero-order valence-electron chi connectivity index (χ0n) is 13.5. The number of fused-ring (bicyclic) bond motifs is 1. The fourth-order valence-corrected chi connectivity index (χ4v) is 4.17. The van der Waals surface area contributed by atoms with Crippen LogP contribution >= 0.6 is 11.8 Å². The summed E-state index contributed by atoms with van der Waals surface area (Å²) in [5.41, 5.74) is 0.308. The molecule has 132 valence electrons. The fraction of sp³-hybridized carbons (Fsp3) is 0.368. The molecule has 0 saturated carbocycles. The van der Waals surface area contributed by atoms with E-state index in [9.17, 15) is 10.2 Å². The number of aliphatic hydroxyl groups is 2. The lowest BCUT2D eigenvalue weighted by molar-refractivity contribution is -0.318. The number of thioether (sulfide) groups is 1. The zero-order valence-corrected chi connectivity index (χ0v) is 14.3. The van der Waals surface area contributed by atoms with Crippen molar-refractivity contribution in [1.82, 2.24) is 0 Å². The highest BCUT2D eigenvalue weighted by atomic mass is 32.2. The predicted octanol–water partition coefficient (Wildman–Crippen LogP) is 2.34. The van der Waals surface area contributed by atoms with Gasteiger partial charge in [-0.3, -0.25) is 0 Å². The van der Waals surface area contributed by atoms with Gasteiger partial charge in [-0.25, -0.2) is 0 Å². The Bertz CT molecular complexity index is 681. The van der Waals surface area contributed by atoms with Crippen LogP contribution in [0.5, 0.6) is 0 Å². The minimum atomic E-state index is -1.04. The predicted molar refractivity (Wildman–Crippen MR) is 93.0 cm³/mol. The molecule has 2 aromatic rings. The molecule has 5 nitrogen and oxygen atoms in total. The molecule has 0 bridgehead atoms. The third kappa shape index (κ3) is 3.60. The summed E-state index contributed by atoms with van der Waals surface area (Å²) in [6.07, 6.45) is -3.68. The molecular weight excluding hydrogens is 340 g/mol. The second-order valence-corrected chi connectivity index (χ2v) is 7.30. The summed E-state index contributed by atoms with van der Waals surface area (Å²) in [6.45, 7) is 0.305. The van der Waals surface area contributed by atoms with Gasteiger partial charge in [0.1, 0.15) is 29.9 Å². The highest BCUT2D eigenvalue weighted by Crippen LogP contribution is 2.38. The van der Waals surface area contributed by atoms with Gasteiger partial charge in [-0.1, -0.05) is 60.3 Å². The summed E-state index contributed by atoms with van der Waals surface area (Å²) in [6, 6.07) is 19.2. The number of benzene rings is 2. The van der Waals surface area contributed by atoms with Crippen molar-refractivity contribution in [1.29, 1.82) is 0 Å². The Morgan fingerprint density at radius 2 is 1.52 bits per heavy atom. The Hall–Kier alpha value is -1.41. The first-order valence-electron chi connectivity index (χ1n) is 8.28. The molecule has 2 saturated heterocycles. The molecule has 0 aliphatic carbocycles. The van der Waals surface area contributed by atoms with Crippen LogP contribution in [0.4, 0.5) is 0 Å². The molecule has 2 aromatic carbocycles. The minimum absolute atomic E-state index is 0.305. The van der Waals surface area contributed by atoms with E-state index in [1.165, 1.54) is 11.8 Å². The number of hydrogen-bond donors (Lipinski definition) is 2. The number of hydrogen-bond acceptors (Lipinski definition) is 6. The van der Waals surface area contributed by atoms with E-state index < -0.39 is 36.1 Å². The van der Waals surface area contributed by atoms with Gasteiger partial charge < -0.3 is 24.4 Å². The zero-order chi connectivity index (χ0) is 17.2. The molecule has 6 atom stereocenters. The highest BCUT2D eigenvalue weighted by molar-refractivity contribution is 7.99. The van der Waals surface area contributed by atoms with Crippen molar-refractivity contribution in [3.05, 3.63) is 66.2 Å². The lowest BCUT2D eigenvalue weighted by Crippen LogP contribution is -2.60. The Balaban J connectivity index is 1.46. The molecule has 0 amide bonds. The molecule has 6 heteroatoms. The van der Waals surface area contributed by atoms with Crippen molar-refractivity contribution in [2.45, 2.75) is 41.0 Å². The van der Waals surface area contributed by atoms with Gasteiger partial charge in [0, 0.05) is 10.5 Å². The summed E-state index contributed by atoms with van der Waals surface area (Å²) in [4.78, 5) is 0.969. The third-order valence-electron chi connectivity index (χ3n) is 4.40. The smallest absolute Gasteiger partial charge is 0.184 e. The molecule has 4 rings (SSSR count). The van der Waals surface area contributed by atoms with Crippen LogP contribution in [0.2, 0.25) is 0 Å². The Labute approximate surface area is 150 Å². The van der Waals surface area contributed by atoms with E-state index in [2.05, 4.69) is 0 Å². The van der Waals surface area contributed by atoms with Crippen LogP contribution < -0.4 is 0 Å². The van der Waals surface area contributed by atoms with E-state index in [0.717, 1.165) is 10.5 Å². The van der Waals surface area contributed by atoms with Gasteiger partial charge in [0.2, 0.25) is 0 Å². The van der Waals surface area contributed by atoms with E-state index in [-0.39, 0.29) is 0 Å². The Morgan fingerprint density at radius 3 is 2.24 bits per heavy atom. The lowest BCUT2D eigenvalue weighted by Gasteiger charge is -2.46. The van der Waals surface area contributed by atoms with Crippen molar-refractivity contribution < 1.29 is 24.4 Å². The maximum atomic E-state index is 10.6. The molecule has 0 spiro atoms. The summed E-state index contributed by atoms with van der Waals surface area (Å²) >= 11 is 1.39. The van der Waals surface area contributed by atoms with E-state index in [0.29, 0.717) is 6.61 Å². The average Bonchev–Trinajstić information content (AvgIpc) is 2.67. The molecule has 4 unspecified atom stereocenters. The van der Waals surface area contributed by atoms with Gasteiger partial charge in [-0.15, -0.1) is 0 Å². The lowest BCUT2D eigenvalue weighted by atomic mass is 9.99. The van der Waals surface area contributed by atoms with Crippen molar-refractivity contribution in [3.8, 4) is 0 Å². The third-order valence-corrected chi connectivity index (χ3v) is 5.57. The van der Waals surface area contributed by atoms with Crippen LogP contribution in [0.1, 0.15) is 11.9 Å². The van der Waals surface area contributed by atoms with Crippen LogP contribution in [0.3, 0.4) is 0 Å². The summed E-state index contributed by atoms with van der Waals surface area (Å²) < 4.78 is 17.6. The van der Waals surface area contributed by atoms with Crippen LogP contribution in [0.15, 0.2) is 65.6 Å². The van der Waals surface area contributed by atoms with Gasteiger partial charge >= 0.3 is 0 Å². The number of rotatable bonds is 3. The fourth-order valence-electron chi connectivity index (χ4n) is 3.09. The maximum absolute atomic E-state index is 10.6. The molecule has 2 aliphatic heterocycles. The van der Waals surface area contributed by atoms with E-state index in [4.69, 9.17) is 14.2 Å². The van der Waals surface area contributed by atoms with Gasteiger partial charge in [-0.05, 0) is 12.1 Å². The first kappa shape index (κ1) is 17.0. The van der Waals surface area contributed by atoms with E-state index >= 15 is 0 Å². The summed E-state index contributed by atoms with van der Waals surface area (Å²) in [7, 11) is 0. The van der Waals surface area contributed by atoms with Crippen LogP contribution in [-0.2, 0) is 14.2 Å². The number of aliphatic hydroxyl groups excluding tert-OH is 2. The van der Waals surface area contributed by atoms with E-state index in [1.54, 1.807) is 0 Å². The first-order chi connectivity index (χ1) is 12.2. The second-order valence-electron chi connectivity index (χ2n) is 6.13. The van der Waals surface area contributed by atoms with Crippen LogP contribution in [-0.4, -0.2) is 46.7 Å². The topological polar surface area (TPSA) is 68.2 Å². The van der Waals surface area contributed by atoms with Gasteiger partial charge in [0.25, 0.3) is 0 Å². The number of ether oxygens (including phenoxy) is 3. The van der Waals surface area contributed by atoms with Crippen LogP contribution in [0.25, 0.3) is 0 Å². The van der Waals surface area contributed by atoms with E-state index in [1.807, 2.05) is 60.7 Å². The quantitative estimate of drug-likeness (QED) is 0.876. The highest BCUT2D eigenvalue weighted by Gasteiger charge is 2.49.